The quantitative estimate of drug-likeness (QED) is 0.634. The summed E-state index contributed by atoms with van der Waals surface area (Å²) in [6, 6.07) is 12.2. The maximum absolute atomic E-state index is 12.0. The molecule has 2 N–H and O–H groups in total. The van der Waals surface area contributed by atoms with Crippen molar-refractivity contribution in [2.24, 2.45) is 0 Å². The van der Waals surface area contributed by atoms with Crippen molar-refractivity contribution in [1.82, 2.24) is 5.32 Å². The summed E-state index contributed by atoms with van der Waals surface area (Å²) in [5.41, 5.74) is 2.91. The molecule has 0 fully saturated rings. The molecule has 0 heterocycles. The van der Waals surface area contributed by atoms with Gasteiger partial charge in [0.2, 0.25) is 5.91 Å². The Kier molecular flexibility index (Phi) is 8.21. The van der Waals surface area contributed by atoms with Gasteiger partial charge in [0, 0.05) is 5.69 Å². The van der Waals surface area contributed by atoms with E-state index < -0.39 is 18.5 Å². The van der Waals surface area contributed by atoms with Crippen LogP contribution < -0.4 is 15.4 Å². The second-order valence-electron chi connectivity index (χ2n) is 6.54. The van der Waals surface area contributed by atoms with Crippen LogP contribution >= 0.6 is 0 Å². The molecule has 0 aliphatic heterocycles. The summed E-state index contributed by atoms with van der Waals surface area (Å²) in [6.07, 6.45) is 0.890. The molecule has 29 heavy (non-hydrogen) atoms. The molecule has 0 atom stereocenters. The summed E-state index contributed by atoms with van der Waals surface area (Å²) in [5.74, 6) is -0.874. The highest BCUT2D eigenvalue weighted by Gasteiger charge is 2.12. The predicted octanol–water partition coefficient (Wildman–Crippen LogP) is 3.00. The molecule has 7 heteroatoms. The van der Waals surface area contributed by atoms with Crippen molar-refractivity contribution in [1.29, 1.82) is 0 Å². The Labute approximate surface area is 170 Å². The van der Waals surface area contributed by atoms with Crippen LogP contribution in [-0.4, -0.2) is 37.5 Å². The molecule has 0 saturated heterocycles. The Bertz CT molecular complexity index is 842. The van der Waals surface area contributed by atoms with Gasteiger partial charge in [-0.25, -0.2) is 4.79 Å². The zero-order valence-corrected chi connectivity index (χ0v) is 16.9. The molecule has 0 aromatic heterocycles. The van der Waals surface area contributed by atoms with E-state index in [1.165, 1.54) is 0 Å². The lowest BCUT2D eigenvalue weighted by atomic mass is 10.1. The molecular weight excluding hydrogens is 372 g/mol. The fourth-order valence-corrected chi connectivity index (χ4v) is 2.55. The van der Waals surface area contributed by atoms with Gasteiger partial charge in [0.1, 0.15) is 5.75 Å². The molecule has 2 aromatic carbocycles. The van der Waals surface area contributed by atoms with Gasteiger partial charge in [-0.05, 0) is 55.7 Å². The first-order valence-electron chi connectivity index (χ1n) is 9.43. The number of carbonyl (C=O) groups excluding carboxylic acids is 3. The topological polar surface area (TPSA) is 93.7 Å². The lowest BCUT2D eigenvalue weighted by Gasteiger charge is -2.12. The lowest BCUT2D eigenvalue weighted by molar-refractivity contribution is -0.126. The number of hydrogen-bond donors (Lipinski definition) is 2. The second-order valence-corrected chi connectivity index (χ2v) is 6.54. The Hall–Kier alpha value is -3.35. The third kappa shape index (κ3) is 6.95. The number of anilines is 1. The summed E-state index contributed by atoms with van der Waals surface area (Å²) >= 11 is 0. The number of esters is 1. The van der Waals surface area contributed by atoms with Gasteiger partial charge in [0.15, 0.2) is 6.61 Å². The van der Waals surface area contributed by atoms with Crippen LogP contribution in [0.1, 0.15) is 34.8 Å². The third-order valence-corrected chi connectivity index (χ3v) is 4.09. The molecular formula is C22H26N2O5. The van der Waals surface area contributed by atoms with Crippen molar-refractivity contribution in [3.8, 4) is 5.75 Å². The molecule has 7 nitrogen and oxygen atoms in total. The number of nitrogens with one attached hydrogen (secondary N) is 2. The number of rotatable bonds is 9. The number of amides is 2. The molecule has 0 radical (unpaired) electrons. The minimum atomic E-state index is -0.623. The normalized spacial score (nSPS) is 10.2. The van der Waals surface area contributed by atoms with E-state index in [9.17, 15) is 14.4 Å². The summed E-state index contributed by atoms with van der Waals surface area (Å²) < 4.78 is 10.4. The van der Waals surface area contributed by atoms with E-state index in [-0.39, 0.29) is 12.5 Å². The highest BCUT2D eigenvalue weighted by molar-refractivity contribution is 5.96. The average Bonchev–Trinajstić information content (AvgIpc) is 2.72. The summed E-state index contributed by atoms with van der Waals surface area (Å²) in [4.78, 5) is 35.9. The van der Waals surface area contributed by atoms with E-state index in [0.29, 0.717) is 17.9 Å². The number of para-hydroxylation sites is 1. The number of aryl methyl sites for hydroxylation is 2. The van der Waals surface area contributed by atoms with Gasteiger partial charge in [-0.1, -0.05) is 25.1 Å². The predicted molar refractivity (Wildman–Crippen MR) is 110 cm³/mol. The first-order valence-corrected chi connectivity index (χ1v) is 9.43. The van der Waals surface area contributed by atoms with Crippen molar-refractivity contribution >= 4 is 23.5 Å². The Balaban J connectivity index is 1.75. The highest BCUT2D eigenvalue weighted by Crippen LogP contribution is 2.19. The van der Waals surface area contributed by atoms with Crippen LogP contribution in [-0.2, 0) is 14.3 Å². The molecule has 0 spiro atoms. The molecule has 0 aliphatic rings. The van der Waals surface area contributed by atoms with Crippen molar-refractivity contribution in [2.75, 3.05) is 25.1 Å². The molecule has 2 rings (SSSR count). The van der Waals surface area contributed by atoms with Gasteiger partial charge in [-0.3, -0.25) is 9.59 Å². The van der Waals surface area contributed by atoms with Crippen molar-refractivity contribution in [3.05, 3.63) is 59.2 Å². The van der Waals surface area contributed by atoms with Crippen LogP contribution in [0, 0.1) is 13.8 Å². The van der Waals surface area contributed by atoms with Gasteiger partial charge < -0.3 is 20.1 Å². The Morgan fingerprint density at radius 1 is 0.931 bits per heavy atom. The van der Waals surface area contributed by atoms with Crippen LogP contribution in [0.5, 0.6) is 5.75 Å². The minimum Gasteiger partial charge on any atom is -0.494 e. The SMILES string of the molecule is CCCOc1ccc(C(=O)OCC(=O)NCC(=O)Nc2c(C)cccc2C)cc1. The van der Waals surface area contributed by atoms with E-state index >= 15 is 0 Å². The van der Waals surface area contributed by atoms with E-state index in [0.717, 1.165) is 23.2 Å². The van der Waals surface area contributed by atoms with E-state index in [1.54, 1.807) is 24.3 Å². The van der Waals surface area contributed by atoms with Gasteiger partial charge in [-0.15, -0.1) is 0 Å². The van der Waals surface area contributed by atoms with E-state index in [2.05, 4.69) is 10.6 Å². The van der Waals surface area contributed by atoms with E-state index in [1.807, 2.05) is 39.0 Å². The van der Waals surface area contributed by atoms with Gasteiger partial charge >= 0.3 is 5.97 Å². The van der Waals surface area contributed by atoms with Crippen molar-refractivity contribution in [3.63, 3.8) is 0 Å². The van der Waals surface area contributed by atoms with E-state index in [4.69, 9.17) is 9.47 Å². The van der Waals surface area contributed by atoms with Crippen LogP contribution in [0.4, 0.5) is 5.69 Å². The van der Waals surface area contributed by atoms with Crippen LogP contribution in [0.15, 0.2) is 42.5 Å². The fourth-order valence-electron chi connectivity index (χ4n) is 2.55. The second kappa shape index (κ2) is 10.8. The highest BCUT2D eigenvalue weighted by atomic mass is 16.5. The molecule has 2 amide bonds. The maximum Gasteiger partial charge on any atom is 0.338 e. The fraction of sp³-hybridized carbons (Fsp3) is 0.318. The average molecular weight is 398 g/mol. The lowest BCUT2D eigenvalue weighted by Crippen LogP contribution is -2.35. The van der Waals surface area contributed by atoms with Crippen LogP contribution in [0.3, 0.4) is 0 Å². The third-order valence-electron chi connectivity index (χ3n) is 4.09. The zero-order chi connectivity index (χ0) is 21.2. The number of carbonyl (C=O) groups is 3. The summed E-state index contributed by atoms with van der Waals surface area (Å²) in [6.45, 7) is 5.70. The molecule has 0 unspecified atom stereocenters. The van der Waals surface area contributed by atoms with Gasteiger partial charge in [-0.2, -0.15) is 0 Å². The van der Waals surface area contributed by atoms with Gasteiger partial charge in [0.25, 0.3) is 5.91 Å². The number of hydrogen-bond acceptors (Lipinski definition) is 5. The molecule has 0 aliphatic carbocycles. The first kappa shape index (κ1) is 21.9. The maximum atomic E-state index is 12.0. The van der Waals surface area contributed by atoms with Gasteiger partial charge in [0.05, 0.1) is 18.7 Å². The van der Waals surface area contributed by atoms with Crippen LogP contribution in [0.2, 0.25) is 0 Å². The van der Waals surface area contributed by atoms with Crippen LogP contribution in [0.25, 0.3) is 0 Å². The molecule has 0 saturated carbocycles. The Morgan fingerprint density at radius 2 is 1.59 bits per heavy atom. The molecule has 154 valence electrons. The molecule has 0 bridgehead atoms. The zero-order valence-electron chi connectivity index (χ0n) is 16.9. The molecule has 2 aromatic rings. The number of ether oxygens (including phenoxy) is 2. The standard InChI is InChI=1S/C22H26N2O5/c1-4-12-28-18-10-8-17(9-11-18)22(27)29-14-20(26)23-13-19(25)24-21-15(2)6-5-7-16(21)3/h5-11H,4,12-14H2,1-3H3,(H,23,26)(H,24,25). The summed E-state index contributed by atoms with van der Waals surface area (Å²) in [7, 11) is 0. The van der Waals surface area contributed by atoms with Crippen molar-refractivity contribution < 1.29 is 23.9 Å². The summed E-state index contributed by atoms with van der Waals surface area (Å²) in [5, 5.41) is 5.20. The van der Waals surface area contributed by atoms with Crippen molar-refractivity contribution in [2.45, 2.75) is 27.2 Å². The largest absolute Gasteiger partial charge is 0.494 e. The Morgan fingerprint density at radius 3 is 2.21 bits per heavy atom. The number of benzene rings is 2. The minimum absolute atomic E-state index is 0.215. The smallest absolute Gasteiger partial charge is 0.338 e. The monoisotopic (exact) mass is 398 g/mol. The first-order chi connectivity index (χ1) is 13.9.